The molecule has 1 aliphatic carbocycles. The van der Waals surface area contributed by atoms with Crippen molar-refractivity contribution in [3.8, 4) is 0 Å². The molecule has 2 aliphatic rings. The Labute approximate surface area is 104 Å². The zero-order chi connectivity index (χ0) is 12.3. The lowest BCUT2D eigenvalue weighted by molar-refractivity contribution is 0.133. The number of nitrogens with zero attached hydrogens (tertiary/aromatic N) is 2. The van der Waals surface area contributed by atoms with E-state index in [0.717, 1.165) is 31.5 Å². The van der Waals surface area contributed by atoms with Crippen molar-refractivity contribution in [3.05, 3.63) is 0 Å². The fourth-order valence-corrected chi connectivity index (χ4v) is 3.09. The van der Waals surface area contributed by atoms with Crippen LogP contribution >= 0.6 is 0 Å². The number of guanidine groups is 1. The van der Waals surface area contributed by atoms with Gasteiger partial charge >= 0.3 is 0 Å². The van der Waals surface area contributed by atoms with E-state index in [1.54, 1.807) is 7.11 Å². The average Bonchev–Trinajstić information content (AvgIpc) is 2.69. The molecule has 0 aromatic carbocycles. The number of hydrogen-bond acceptors (Lipinski definition) is 4. The molecule has 17 heavy (non-hydrogen) atoms. The second-order valence-corrected chi connectivity index (χ2v) is 5.47. The predicted molar refractivity (Wildman–Crippen MR) is 70.0 cm³/mol. The van der Waals surface area contributed by atoms with Gasteiger partial charge in [-0.05, 0) is 24.7 Å². The molecular formula is C13H25N3O. The second-order valence-electron chi connectivity index (χ2n) is 5.47. The van der Waals surface area contributed by atoms with E-state index >= 15 is 0 Å². The Bertz CT molecular complexity index is 272. The van der Waals surface area contributed by atoms with Crippen LogP contribution in [0.25, 0.3) is 0 Å². The number of aliphatic imine (C=N–C) groups is 1. The van der Waals surface area contributed by atoms with Crippen molar-refractivity contribution < 1.29 is 4.74 Å². The van der Waals surface area contributed by atoms with Crippen molar-refractivity contribution in [2.45, 2.75) is 38.6 Å². The highest BCUT2D eigenvalue weighted by molar-refractivity contribution is 5.80. The molecule has 4 heteroatoms. The summed E-state index contributed by atoms with van der Waals surface area (Å²) in [7, 11) is 1.74. The number of nitrogens with two attached hydrogens (primary N) is 1. The molecule has 1 saturated carbocycles. The molecular weight excluding hydrogens is 214 g/mol. The highest BCUT2D eigenvalue weighted by Gasteiger charge is 2.34. The summed E-state index contributed by atoms with van der Waals surface area (Å²) in [5.74, 6) is 2.39. The van der Waals surface area contributed by atoms with E-state index in [-0.39, 0.29) is 0 Å². The van der Waals surface area contributed by atoms with Gasteiger partial charge < -0.3 is 15.4 Å². The fraction of sp³-hybridized carbons (Fsp3) is 0.923. The van der Waals surface area contributed by atoms with Crippen molar-refractivity contribution in [2.24, 2.45) is 22.6 Å². The van der Waals surface area contributed by atoms with E-state index in [1.807, 2.05) is 0 Å². The summed E-state index contributed by atoms with van der Waals surface area (Å²) in [5, 5.41) is 0. The van der Waals surface area contributed by atoms with E-state index in [4.69, 9.17) is 10.5 Å². The molecule has 0 spiro atoms. The Morgan fingerprint density at radius 3 is 2.71 bits per heavy atom. The first-order valence-corrected chi connectivity index (χ1v) is 6.78. The van der Waals surface area contributed by atoms with E-state index in [1.165, 1.54) is 25.7 Å². The zero-order valence-corrected chi connectivity index (χ0v) is 11.1. The molecule has 2 rings (SSSR count). The molecule has 0 saturated heterocycles. The Morgan fingerprint density at radius 2 is 2.06 bits per heavy atom. The molecule has 0 bridgehead atoms. The number of methoxy groups -OCH3 is 1. The Balaban J connectivity index is 1.91. The van der Waals surface area contributed by atoms with E-state index in [9.17, 15) is 0 Å². The minimum absolute atomic E-state index is 0.526. The van der Waals surface area contributed by atoms with Gasteiger partial charge in [-0.25, -0.2) is 0 Å². The maximum absolute atomic E-state index is 5.96. The SMILES string of the molecule is COCCN1C(N)=NCC1C1CCC(C)CC1. The largest absolute Gasteiger partial charge is 0.383 e. The van der Waals surface area contributed by atoms with Gasteiger partial charge in [0, 0.05) is 13.7 Å². The third kappa shape index (κ3) is 2.92. The summed E-state index contributed by atoms with van der Waals surface area (Å²) < 4.78 is 5.15. The second kappa shape index (κ2) is 5.71. The number of hydrogen-bond donors (Lipinski definition) is 1. The molecule has 2 N–H and O–H groups in total. The molecule has 98 valence electrons. The quantitative estimate of drug-likeness (QED) is 0.808. The lowest BCUT2D eigenvalue weighted by atomic mass is 9.79. The van der Waals surface area contributed by atoms with Crippen molar-refractivity contribution in [1.29, 1.82) is 0 Å². The van der Waals surface area contributed by atoms with Crippen LogP contribution in [0, 0.1) is 11.8 Å². The van der Waals surface area contributed by atoms with Crippen LogP contribution in [0.1, 0.15) is 32.6 Å². The molecule has 1 fully saturated rings. The van der Waals surface area contributed by atoms with Gasteiger partial charge in [0.1, 0.15) is 0 Å². The van der Waals surface area contributed by atoms with Crippen LogP contribution in [0.5, 0.6) is 0 Å². The molecule has 1 aliphatic heterocycles. The molecule has 0 aromatic rings. The summed E-state index contributed by atoms with van der Waals surface area (Å²) in [5.41, 5.74) is 5.96. The minimum Gasteiger partial charge on any atom is -0.383 e. The van der Waals surface area contributed by atoms with Gasteiger partial charge in [0.15, 0.2) is 5.96 Å². The monoisotopic (exact) mass is 239 g/mol. The highest BCUT2D eigenvalue weighted by Crippen LogP contribution is 2.33. The standard InChI is InChI=1S/C13H25N3O/c1-10-3-5-11(6-4-10)12-9-15-13(14)16(12)7-8-17-2/h10-12H,3-9H2,1-2H3,(H2,14,15). The van der Waals surface area contributed by atoms with Crippen LogP contribution in [0.3, 0.4) is 0 Å². The van der Waals surface area contributed by atoms with Gasteiger partial charge in [-0.3, -0.25) is 4.99 Å². The summed E-state index contributed by atoms with van der Waals surface area (Å²) in [6.45, 7) is 4.85. The zero-order valence-electron chi connectivity index (χ0n) is 11.1. The Morgan fingerprint density at radius 1 is 1.35 bits per heavy atom. The first-order valence-electron chi connectivity index (χ1n) is 6.78. The van der Waals surface area contributed by atoms with Gasteiger partial charge in [0.05, 0.1) is 19.2 Å². The molecule has 0 radical (unpaired) electrons. The van der Waals surface area contributed by atoms with Crippen LogP contribution in [-0.4, -0.2) is 43.7 Å². The third-order valence-corrected chi connectivity index (χ3v) is 4.28. The molecule has 1 atom stereocenters. The third-order valence-electron chi connectivity index (χ3n) is 4.28. The first kappa shape index (κ1) is 12.7. The average molecular weight is 239 g/mol. The van der Waals surface area contributed by atoms with E-state index < -0.39 is 0 Å². The van der Waals surface area contributed by atoms with Crippen molar-refractivity contribution in [2.75, 3.05) is 26.8 Å². The van der Waals surface area contributed by atoms with Crippen molar-refractivity contribution in [3.63, 3.8) is 0 Å². The smallest absolute Gasteiger partial charge is 0.191 e. The normalized spacial score (nSPS) is 33.9. The van der Waals surface area contributed by atoms with Crippen LogP contribution < -0.4 is 5.73 Å². The topological polar surface area (TPSA) is 50.9 Å². The van der Waals surface area contributed by atoms with Gasteiger partial charge in [0.25, 0.3) is 0 Å². The minimum atomic E-state index is 0.526. The molecule has 1 heterocycles. The highest BCUT2D eigenvalue weighted by atomic mass is 16.5. The van der Waals surface area contributed by atoms with Crippen LogP contribution in [0.4, 0.5) is 0 Å². The van der Waals surface area contributed by atoms with Gasteiger partial charge in [-0.2, -0.15) is 0 Å². The summed E-state index contributed by atoms with van der Waals surface area (Å²) >= 11 is 0. The Kier molecular flexibility index (Phi) is 4.26. The van der Waals surface area contributed by atoms with Crippen molar-refractivity contribution in [1.82, 2.24) is 4.90 Å². The maximum atomic E-state index is 5.96. The summed E-state index contributed by atoms with van der Waals surface area (Å²) in [4.78, 5) is 6.67. The van der Waals surface area contributed by atoms with Gasteiger partial charge in [0.2, 0.25) is 0 Å². The van der Waals surface area contributed by atoms with Crippen LogP contribution in [0.15, 0.2) is 4.99 Å². The van der Waals surface area contributed by atoms with Crippen LogP contribution in [0.2, 0.25) is 0 Å². The molecule has 1 unspecified atom stereocenters. The lowest BCUT2D eigenvalue weighted by Crippen LogP contribution is -2.46. The molecule has 4 nitrogen and oxygen atoms in total. The fourth-order valence-electron chi connectivity index (χ4n) is 3.09. The number of ether oxygens (including phenoxy) is 1. The molecule has 0 aromatic heterocycles. The summed E-state index contributed by atoms with van der Waals surface area (Å²) in [6, 6.07) is 0.526. The molecule has 0 amide bonds. The summed E-state index contributed by atoms with van der Waals surface area (Å²) in [6.07, 6.45) is 5.38. The van der Waals surface area contributed by atoms with Crippen molar-refractivity contribution >= 4 is 5.96 Å². The van der Waals surface area contributed by atoms with Crippen LogP contribution in [-0.2, 0) is 4.74 Å². The van der Waals surface area contributed by atoms with Gasteiger partial charge in [-0.15, -0.1) is 0 Å². The Hall–Kier alpha value is -0.770. The maximum Gasteiger partial charge on any atom is 0.191 e. The lowest BCUT2D eigenvalue weighted by Gasteiger charge is -2.36. The van der Waals surface area contributed by atoms with Gasteiger partial charge in [-0.1, -0.05) is 19.8 Å². The number of rotatable bonds is 4. The van der Waals surface area contributed by atoms with E-state index in [2.05, 4.69) is 16.8 Å². The van der Waals surface area contributed by atoms with E-state index in [0.29, 0.717) is 12.0 Å². The first-order chi connectivity index (χ1) is 8.22. The predicted octanol–water partition coefficient (Wildman–Crippen LogP) is 1.46.